The summed E-state index contributed by atoms with van der Waals surface area (Å²) >= 11 is 7.96. The van der Waals surface area contributed by atoms with E-state index >= 15 is 0 Å². The fourth-order valence-corrected chi connectivity index (χ4v) is 4.72. The zero-order valence-corrected chi connectivity index (χ0v) is 25.2. The first-order chi connectivity index (χ1) is 18.3. The van der Waals surface area contributed by atoms with E-state index in [1.807, 2.05) is 33.1 Å². The van der Waals surface area contributed by atoms with Gasteiger partial charge in [0, 0.05) is 11.6 Å². The van der Waals surface area contributed by atoms with Gasteiger partial charge >= 0.3 is 6.09 Å². The van der Waals surface area contributed by atoms with Crippen molar-refractivity contribution < 1.29 is 19.1 Å². The molecule has 2 aromatic carbocycles. The fraction of sp³-hybridized carbons (Fsp3) is 0.433. The van der Waals surface area contributed by atoms with Crippen molar-refractivity contribution in [3.05, 3.63) is 64.2 Å². The van der Waals surface area contributed by atoms with Gasteiger partial charge in [0.05, 0.1) is 10.7 Å². The van der Waals surface area contributed by atoms with Crippen molar-refractivity contribution in [3.63, 3.8) is 0 Å². The van der Waals surface area contributed by atoms with E-state index in [2.05, 4.69) is 16.6 Å². The van der Waals surface area contributed by atoms with Gasteiger partial charge in [0.15, 0.2) is 0 Å². The van der Waals surface area contributed by atoms with Crippen molar-refractivity contribution in [2.75, 3.05) is 17.3 Å². The number of carbonyl (C=O) groups excluding carboxylic acids is 3. The number of hydrogen-bond acceptors (Lipinski definition) is 5. The van der Waals surface area contributed by atoms with Gasteiger partial charge in [-0.2, -0.15) is 11.8 Å². The molecule has 7 nitrogen and oxygen atoms in total. The van der Waals surface area contributed by atoms with E-state index in [-0.39, 0.29) is 0 Å². The van der Waals surface area contributed by atoms with Gasteiger partial charge in [-0.25, -0.2) is 4.79 Å². The molecule has 0 spiro atoms. The van der Waals surface area contributed by atoms with Crippen LogP contribution in [0.5, 0.6) is 0 Å². The third-order valence-electron chi connectivity index (χ3n) is 5.80. The molecule has 0 radical (unpaired) electrons. The van der Waals surface area contributed by atoms with Crippen LogP contribution >= 0.6 is 23.4 Å². The predicted octanol–water partition coefficient (Wildman–Crippen LogP) is 6.19. The van der Waals surface area contributed by atoms with Crippen LogP contribution in [0.15, 0.2) is 42.5 Å². The van der Waals surface area contributed by atoms with Crippen LogP contribution in [0.1, 0.15) is 63.8 Å². The first-order valence-corrected chi connectivity index (χ1v) is 14.5. The zero-order valence-electron chi connectivity index (χ0n) is 23.6. The Morgan fingerprint density at radius 1 is 1.13 bits per heavy atom. The molecule has 3 amide bonds. The molecule has 0 saturated carbocycles. The lowest BCUT2D eigenvalue weighted by atomic mass is 9.99. The van der Waals surface area contributed by atoms with Gasteiger partial charge in [-0.05, 0) is 89.3 Å². The Morgan fingerprint density at radius 3 is 2.28 bits per heavy atom. The SMILES string of the molecule is C#Cc1ccc(C(C(=O)Nc2c(C)cccc2Cl)N(C(=O)C(CCSC)NC(=O)OC(C)(C)C)C(C)C)cc1. The molecule has 0 aromatic heterocycles. The summed E-state index contributed by atoms with van der Waals surface area (Å²) in [4.78, 5) is 42.2. The van der Waals surface area contributed by atoms with Crippen LogP contribution in [0, 0.1) is 19.3 Å². The van der Waals surface area contributed by atoms with E-state index in [9.17, 15) is 14.4 Å². The van der Waals surface area contributed by atoms with Crippen molar-refractivity contribution in [3.8, 4) is 12.3 Å². The minimum absolute atomic E-state index is 0.358. The number of ether oxygens (including phenoxy) is 1. The Kier molecular flexibility index (Phi) is 11.8. The van der Waals surface area contributed by atoms with Crippen LogP contribution in [0.3, 0.4) is 0 Å². The van der Waals surface area contributed by atoms with Crippen LogP contribution in [0.2, 0.25) is 5.02 Å². The van der Waals surface area contributed by atoms with Crippen LogP contribution in [0.4, 0.5) is 10.5 Å². The lowest BCUT2D eigenvalue weighted by molar-refractivity contribution is -0.143. The molecule has 2 atom stereocenters. The second kappa shape index (κ2) is 14.3. The minimum Gasteiger partial charge on any atom is -0.444 e. The number of benzene rings is 2. The summed E-state index contributed by atoms with van der Waals surface area (Å²) in [5.41, 5.74) is 1.73. The highest BCUT2D eigenvalue weighted by Crippen LogP contribution is 2.30. The monoisotopic (exact) mass is 571 g/mol. The Bertz CT molecular complexity index is 1180. The largest absolute Gasteiger partial charge is 0.444 e. The summed E-state index contributed by atoms with van der Waals surface area (Å²) in [7, 11) is 0. The van der Waals surface area contributed by atoms with E-state index in [1.165, 1.54) is 4.90 Å². The Labute approximate surface area is 241 Å². The zero-order chi connectivity index (χ0) is 29.3. The highest BCUT2D eigenvalue weighted by molar-refractivity contribution is 7.98. The molecule has 2 N–H and O–H groups in total. The summed E-state index contributed by atoms with van der Waals surface area (Å²) < 4.78 is 5.42. The molecule has 0 bridgehead atoms. The van der Waals surface area contributed by atoms with Crippen molar-refractivity contribution in [2.24, 2.45) is 0 Å². The lowest BCUT2D eigenvalue weighted by Gasteiger charge is -2.37. The van der Waals surface area contributed by atoms with Crippen LogP contribution in [0.25, 0.3) is 0 Å². The molecular weight excluding hydrogens is 534 g/mol. The Morgan fingerprint density at radius 2 is 1.77 bits per heavy atom. The van der Waals surface area contributed by atoms with E-state index < -0.39 is 41.6 Å². The molecule has 0 saturated heterocycles. The number of amides is 3. The third kappa shape index (κ3) is 9.22. The number of rotatable bonds is 10. The third-order valence-corrected chi connectivity index (χ3v) is 6.76. The topological polar surface area (TPSA) is 87.7 Å². The summed E-state index contributed by atoms with van der Waals surface area (Å²) in [6.45, 7) is 10.8. The molecule has 39 heavy (non-hydrogen) atoms. The molecule has 0 aliphatic carbocycles. The van der Waals surface area contributed by atoms with Crippen molar-refractivity contribution in [2.45, 2.75) is 71.7 Å². The lowest BCUT2D eigenvalue weighted by Crippen LogP contribution is -2.54. The number of thioether (sulfide) groups is 1. The molecule has 2 aromatic rings. The van der Waals surface area contributed by atoms with E-state index in [1.54, 1.807) is 68.9 Å². The fourth-order valence-electron chi connectivity index (χ4n) is 3.98. The Balaban J connectivity index is 2.56. The number of alkyl carbamates (subject to hydrolysis) is 1. The van der Waals surface area contributed by atoms with Gasteiger partial charge in [-0.1, -0.05) is 41.8 Å². The molecule has 9 heteroatoms. The summed E-state index contributed by atoms with van der Waals surface area (Å²) in [5, 5.41) is 6.04. The van der Waals surface area contributed by atoms with E-state index in [4.69, 9.17) is 22.8 Å². The number of carbonyl (C=O) groups is 3. The van der Waals surface area contributed by atoms with Crippen LogP contribution < -0.4 is 10.6 Å². The minimum atomic E-state index is -1.03. The number of hydrogen-bond donors (Lipinski definition) is 2. The van der Waals surface area contributed by atoms with Crippen LogP contribution in [-0.2, 0) is 14.3 Å². The van der Waals surface area contributed by atoms with Gasteiger partial charge in [0.1, 0.15) is 17.7 Å². The number of nitrogens with zero attached hydrogens (tertiary/aromatic N) is 1. The maximum absolute atomic E-state index is 14.1. The average Bonchev–Trinajstić information content (AvgIpc) is 2.85. The first kappa shape index (κ1) is 32.1. The Hall–Kier alpha value is -3.15. The number of aryl methyl sites for hydroxylation is 1. The second-order valence-electron chi connectivity index (χ2n) is 10.4. The maximum Gasteiger partial charge on any atom is 0.408 e. The summed E-state index contributed by atoms with van der Waals surface area (Å²) in [5.74, 6) is 2.34. The van der Waals surface area contributed by atoms with E-state index in [0.29, 0.717) is 34.0 Å². The normalized spacial score (nSPS) is 12.7. The van der Waals surface area contributed by atoms with Gasteiger partial charge in [0.25, 0.3) is 5.91 Å². The smallest absolute Gasteiger partial charge is 0.408 e. The summed E-state index contributed by atoms with van der Waals surface area (Å²) in [6.07, 6.45) is 7.12. The number of terminal acetylenes is 1. The molecule has 2 rings (SSSR count). The maximum atomic E-state index is 14.1. The number of anilines is 1. The molecule has 0 fully saturated rings. The summed E-state index contributed by atoms with van der Waals surface area (Å²) in [6, 6.07) is 9.92. The molecule has 0 heterocycles. The van der Waals surface area contributed by atoms with E-state index in [0.717, 1.165) is 5.56 Å². The highest BCUT2D eigenvalue weighted by atomic mass is 35.5. The van der Waals surface area contributed by atoms with Gasteiger partial charge < -0.3 is 20.3 Å². The molecule has 0 aliphatic heterocycles. The molecule has 2 unspecified atom stereocenters. The molecule has 0 aliphatic rings. The van der Waals surface area contributed by atoms with Crippen molar-refractivity contribution >= 4 is 47.0 Å². The second-order valence-corrected chi connectivity index (χ2v) is 11.8. The number of halogens is 1. The molecular formula is C30H38ClN3O4S. The highest BCUT2D eigenvalue weighted by Gasteiger charge is 2.38. The number of para-hydroxylation sites is 1. The standard InChI is InChI=1S/C30H38ClN3O4S/c1-9-21-13-15-22(16-14-21)26(27(35)33-25-20(4)11-10-12-23(25)31)34(19(2)3)28(36)24(17-18-39-8)32-29(37)38-30(5,6)7/h1,10-16,19,24,26H,17-18H2,2-8H3,(H,32,37)(H,33,35). The molecule has 210 valence electrons. The van der Waals surface area contributed by atoms with Crippen LogP contribution in [-0.4, -0.2) is 52.5 Å². The predicted molar refractivity (Wildman–Crippen MR) is 160 cm³/mol. The first-order valence-electron chi connectivity index (χ1n) is 12.7. The van der Waals surface area contributed by atoms with Gasteiger partial charge in [-0.15, -0.1) is 6.42 Å². The van der Waals surface area contributed by atoms with Crippen molar-refractivity contribution in [1.29, 1.82) is 0 Å². The van der Waals surface area contributed by atoms with Gasteiger partial charge in [-0.3, -0.25) is 9.59 Å². The van der Waals surface area contributed by atoms with Gasteiger partial charge in [0.2, 0.25) is 5.91 Å². The van der Waals surface area contributed by atoms with Crippen molar-refractivity contribution in [1.82, 2.24) is 10.2 Å². The average molecular weight is 572 g/mol. The quantitative estimate of drug-likeness (QED) is 0.332. The number of nitrogens with one attached hydrogen (secondary N) is 2.